The molecule has 2 aliphatic rings. The molecule has 5 atom stereocenters. The fourth-order valence-electron chi connectivity index (χ4n) is 3.08. The molecule has 0 saturated carbocycles. The predicted octanol–water partition coefficient (Wildman–Crippen LogP) is 0.593. The molecule has 0 aromatic carbocycles. The fraction of sp³-hybridized carbons (Fsp3) is 0.923. The van der Waals surface area contributed by atoms with Crippen LogP contribution in [0.3, 0.4) is 0 Å². The minimum atomic E-state index is -1.37. The Morgan fingerprint density at radius 3 is 2.70 bits per heavy atom. The second-order valence-corrected chi connectivity index (χ2v) is 5.66. The van der Waals surface area contributed by atoms with Crippen LogP contribution in [0.15, 0.2) is 0 Å². The number of carboxylic acid groups (broad SMARTS) is 1. The first-order chi connectivity index (χ1) is 11.0. The molecular formula is C13H21NO9. The molecular weight excluding hydrogens is 314 g/mol. The predicted molar refractivity (Wildman–Crippen MR) is 73.3 cm³/mol. The molecule has 5 unspecified atom stereocenters. The Balaban J connectivity index is 1.78. The van der Waals surface area contributed by atoms with Crippen LogP contribution in [-0.4, -0.2) is 65.7 Å². The summed E-state index contributed by atoms with van der Waals surface area (Å²) in [6.45, 7) is 0.461. The monoisotopic (exact) mass is 335 g/mol. The van der Waals surface area contributed by atoms with Gasteiger partial charge in [-0.1, -0.05) is 6.42 Å². The van der Waals surface area contributed by atoms with Crippen molar-refractivity contribution in [3.05, 3.63) is 10.1 Å². The van der Waals surface area contributed by atoms with Gasteiger partial charge in [0.1, 0.15) is 18.3 Å². The van der Waals surface area contributed by atoms with E-state index in [4.69, 9.17) is 19.3 Å². The molecule has 0 spiro atoms. The third kappa shape index (κ3) is 4.91. The maximum atomic E-state index is 10.9. The molecule has 2 fully saturated rings. The molecule has 2 N–H and O–H groups in total. The Morgan fingerprint density at radius 1 is 1.26 bits per heavy atom. The van der Waals surface area contributed by atoms with E-state index in [2.05, 4.69) is 4.84 Å². The quantitative estimate of drug-likeness (QED) is 0.268. The Bertz CT molecular complexity index is 418. The zero-order valence-electron chi connectivity index (χ0n) is 12.5. The van der Waals surface area contributed by atoms with Crippen molar-refractivity contribution in [2.75, 3.05) is 19.8 Å². The van der Waals surface area contributed by atoms with Gasteiger partial charge in [0.2, 0.25) is 0 Å². The maximum absolute atomic E-state index is 10.9. The van der Waals surface area contributed by atoms with E-state index >= 15 is 0 Å². The van der Waals surface area contributed by atoms with Crippen molar-refractivity contribution in [2.24, 2.45) is 5.92 Å². The van der Waals surface area contributed by atoms with Crippen LogP contribution < -0.4 is 0 Å². The van der Waals surface area contributed by atoms with Gasteiger partial charge in [0.15, 0.2) is 0 Å². The number of ether oxygens (including phenoxy) is 3. The fourth-order valence-corrected chi connectivity index (χ4v) is 3.08. The van der Waals surface area contributed by atoms with Gasteiger partial charge in [0, 0.05) is 5.92 Å². The van der Waals surface area contributed by atoms with Gasteiger partial charge in [-0.25, -0.2) is 4.79 Å². The molecule has 132 valence electrons. The van der Waals surface area contributed by atoms with Crippen molar-refractivity contribution in [1.29, 1.82) is 0 Å². The third-order valence-electron chi connectivity index (χ3n) is 4.12. The smallest absolute Gasteiger partial charge is 0.450 e. The van der Waals surface area contributed by atoms with Crippen molar-refractivity contribution < 1.29 is 39.1 Å². The molecule has 0 radical (unpaired) electrons. The van der Waals surface area contributed by atoms with Crippen molar-refractivity contribution in [3.8, 4) is 0 Å². The minimum absolute atomic E-state index is 0.0179. The molecule has 0 amide bonds. The van der Waals surface area contributed by atoms with E-state index in [1.165, 1.54) is 0 Å². The molecule has 2 aliphatic heterocycles. The van der Waals surface area contributed by atoms with E-state index in [-0.39, 0.29) is 31.8 Å². The van der Waals surface area contributed by atoms with Crippen molar-refractivity contribution in [1.82, 2.24) is 0 Å². The summed E-state index contributed by atoms with van der Waals surface area (Å²) < 4.78 is 15.9. The first kappa shape index (κ1) is 17.7. The molecule has 2 rings (SSSR count). The number of hydrogen-bond acceptors (Lipinski definition) is 8. The van der Waals surface area contributed by atoms with Crippen LogP contribution in [0.1, 0.15) is 25.7 Å². The molecule has 23 heavy (non-hydrogen) atoms. The Labute approximate surface area is 132 Å². The number of aliphatic hydroxyl groups excluding tert-OH is 1. The first-order valence-corrected chi connectivity index (χ1v) is 7.57. The van der Waals surface area contributed by atoms with Gasteiger partial charge in [0.05, 0.1) is 25.9 Å². The highest BCUT2D eigenvalue weighted by atomic mass is 16.9. The normalized spacial score (nSPS) is 30.7. The van der Waals surface area contributed by atoms with E-state index < -0.39 is 29.6 Å². The highest BCUT2D eigenvalue weighted by Gasteiger charge is 2.50. The van der Waals surface area contributed by atoms with Crippen molar-refractivity contribution in [3.63, 3.8) is 0 Å². The standard InChI is InChI=1S/C13H21NO9/c15-9-7-21-11-8(6-20-12(9)11)10(23-13(16)17)4-2-1-3-5-22-14(18)19/h8-12,15H,1-7H2,(H,16,17). The van der Waals surface area contributed by atoms with Gasteiger partial charge in [-0.15, -0.1) is 10.1 Å². The van der Waals surface area contributed by atoms with Crippen LogP contribution in [0.2, 0.25) is 0 Å². The van der Waals surface area contributed by atoms with Gasteiger partial charge in [-0.2, -0.15) is 0 Å². The Kier molecular flexibility index (Phi) is 6.37. The van der Waals surface area contributed by atoms with Crippen molar-refractivity contribution >= 4 is 6.16 Å². The van der Waals surface area contributed by atoms with Gasteiger partial charge in [0.25, 0.3) is 5.09 Å². The summed E-state index contributed by atoms with van der Waals surface area (Å²) in [5.74, 6) is -0.261. The van der Waals surface area contributed by atoms with E-state index in [0.29, 0.717) is 25.7 Å². The van der Waals surface area contributed by atoms with Gasteiger partial charge in [-0.05, 0) is 19.3 Å². The Morgan fingerprint density at radius 2 is 2.00 bits per heavy atom. The highest BCUT2D eigenvalue weighted by molar-refractivity contribution is 5.57. The third-order valence-corrected chi connectivity index (χ3v) is 4.12. The topological polar surface area (TPSA) is 138 Å². The molecule has 0 aliphatic carbocycles. The van der Waals surface area contributed by atoms with Crippen LogP contribution in [-0.2, 0) is 19.0 Å². The van der Waals surface area contributed by atoms with Crippen LogP contribution in [0.25, 0.3) is 0 Å². The van der Waals surface area contributed by atoms with Crippen LogP contribution >= 0.6 is 0 Å². The SMILES string of the molecule is O=C(O)OC(CCCCCO[N+](=O)[O-])C1COC2C(O)COC12. The van der Waals surface area contributed by atoms with E-state index in [0.717, 1.165) is 0 Å². The Hall–Kier alpha value is -1.65. The number of fused-ring (bicyclic) bond motifs is 1. The summed E-state index contributed by atoms with van der Waals surface area (Å²) in [4.78, 5) is 25.1. The number of nitrogens with zero attached hydrogens (tertiary/aromatic N) is 1. The lowest BCUT2D eigenvalue weighted by Gasteiger charge is -2.25. The summed E-state index contributed by atoms with van der Waals surface area (Å²) in [5, 5.41) is 27.8. The number of carbonyl (C=O) groups is 1. The number of rotatable bonds is 9. The van der Waals surface area contributed by atoms with Gasteiger partial charge < -0.3 is 29.3 Å². The summed E-state index contributed by atoms with van der Waals surface area (Å²) in [7, 11) is 0. The largest absolute Gasteiger partial charge is 0.506 e. The van der Waals surface area contributed by atoms with E-state index in [9.17, 15) is 20.0 Å². The second kappa shape index (κ2) is 8.27. The first-order valence-electron chi connectivity index (χ1n) is 7.57. The summed E-state index contributed by atoms with van der Waals surface area (Å²) in [6.07, 6.45) is -1.22. The van der Waals surface area contributed by atoms with Crippen molar-refractivity contribution in [2.45, 2.75) is 50.1 Å². The average Bonchev–Trinajstić information content (AvgIpc) is 3.04. The summed E-state index contributed by atoms with van der Waals surface area (Å²) in [5.41, 5.74) is 0. The summed E-state index contributed by atoms with van der Waals surface area (Å²) >= 11 is 0. The van der Waals surface area contributed by atoms with Gasteiger partial charge in [-0.3, -0.25) is 0 Å². The van der Waals surface area contributed by atoms with E-state index in [1.54, 1.807) is 0 Å². The lowest BCUT2D eigenvalue weighted by Crippen LogP contribution is -2.36. The molecule has 10 heteroatoms. The van der Waals surface area contributed by atoms with Crippen LogP contribution in [0, 0.1) is 16.0 Å². The van der Waals surface area contributed by atoms with E-state index in [1.807, 2.05) is 0 Å². The molecule has 0 bridgehead atoms. The molecule has 0 aromatic heterocycles. The highest BCUT2D eigenvalue weighted by Crippen LogP contribution is 2.35. The summed E-state index contributed by atoms with van der Waals surface area (Å²) in [6, 6.07) is 0. The number of aliphatic hydroxyl groups is 1. The average molecular weight is 335 g/mol. The molecule has 0 aromatic rings. The molecule has 2 heterocycles. The maximum Gasteiger partial charge on any atom is 0.506 e. The number of unbranched alkanes of at least 4 members (excludes halogenated alkanes) is 2. The zero-order chi connectivity index (χ0) is 16.8. The zero-order valence-corrected chi connectivity index (χ0v) is 12.5. The lowest BCUT2D eigenvalue weighted by atomic mass is 9.92. The lowest BCUT2D eigenvalue weighted by molar-refractivity contribution is -0.757. The number of hydrogen-bond donors (Lipinski definition) is 2. The minimum Gasteiger partial charge on any atom is -0.450 e. The van der Waals surface area contributed by atoms with Gasteiger partial charge >= 0.3 is 6.16 Å². The molecule has 10 nitrogen and oxygen atoms in total. The van der Waals surface area contributed by atoms with Crippen LogP contribution in [0.5, 0.6) is 0 Å². The molecule has 2 saturated heterocycles. The van der Waals surface area contributed by atoms with Crippen LogP contribution in [0.4, 0.5) is 4.79 Å². The second-order valence-electron chi connectivity index (χ2n) is 5.66.